The number of hydrogen-bond donors (Lipinski definition) is 2. The van der Waals surface area contributed by atoms with E-state index in [-0.39, 0.29) is 13.2 Å². The number of unbranched alkanes of at least 4 members (excludes halogenated alkanes) is 5. The number of aliphatic hydroxyl groups excluding tert-OH is 1. The molecule has 0 aliphatic heterocycles. The number of nitrogens with zero attached hydrogens (tertiary/aromatic N) is 2. The quantitative estimate of drug-likeness (QED) is 0.427. The van der Waals surface area contributed by atoms with Crippen molar-refractivity contribution in [3.8, 4) is 0 Å². The van der Waals surface area contributed by atoms with Crippen LogP contribution in [0.15, 0.2) is 4.99 Å². The molecule has 0 aromatic carbocycles. The van der Waals surface area contributed by atoms with Gasteiger partial charge in [0.25, 0.3) is 0 Å². The molecule has 0 radical (unpaired) electrons. The third kappa shape index (κ3) is 10.8. The molecular weight excluding hydrogens is 256 g/mol. The molecule has 0 aromatic rings. The molecule has 5 nitrogen and oxygen atoms in total. The summed E-state index contributed by atoms with van der Waals surface area (Å²) in [6, 6.07) is 0. The van der Waals surface area contributed by atoms with E-state index in [1.54, 1.807) is 0 Å². The van der Waals surface area contributed by atoms with E-state index in [1.807, 2.05) is 6.92 Å². The summed E-state index contributed by atoms with van der Waals surface area (Å²) in [7, 11) is 0. The lowest BCUT2D eigenvalue weighted by atomic mass is 10.1. The Morgan fingerprint density at radius 3 is 2.35 bits per heavy atom. The molecule has 0 rings (SSSR count). The van der Waals surface area contributed by atoms with Crippen molar-refractivity contribution in [2.45, 2.75) is 58.8 Å². The molecule has 0 heterocycles. The molecule has 20 heavy (non-hydrogen) atoms. The summed E-state index contributed by atoms with van der Waals surface area (Å²) in [6.45, 7) is 5.06. The first-order valence-electron chi connectivity index (χ1n) is 7.70. The lowest BCUT2D eigenvalue weighted by Crippen LogP contribution is -2.34. The van der Waals surface area contributed by atoms with Crippen molar-refractivity contribution < 1.29 is 15.0 Å². The molecule has 118 valence electrons. The maximum absolute atomic E-state index is 10.8. The van der Waals surface area contributed by atoms with Gasteiger partial charge < -0.3 is 15.1 Å². The zero-order valence-corrected chi connectivity index (χ0v) is 13.0. The largest absolute Gasteiger partial charge is 0.465 e. The lowest BCUT2D eigenvalue weighted by molar-refractivity contribution is 0.133. The fourth-order valence-corrected chi connectivity index (χ4v) is 2.03. The fraction of sp³-hybridized carbons (Fsp3) is 0.867. The molecule has 0 aromatic heterocycles. The van der Waals surface area contributed by atoms with E-state index in [4.69, 9.17) is 10.2 Å². The highest BCUT2D eigenvalue weighted by Gasteiger charge is 2.09. The highest BCUT2D eigenvalue weighted by atomic mass is 16.4. The van der Waals surface area contributed by atoms with Crippen LogP contribution in [0.4, 0.5) is 4.79 Å². The van der Waals surface area contributed by atoms with Crippen LogP contribution in [0.3, 0.4) is 0 Å². The SMILES string of the molecule is CCCCCCCC/C(C)=N/CCN(CCO)C(=O)O. The predicted molar refractivity (Wildman–Crippen MR) is 82.7 cm³/mol. The summed E-state index contributed by atoms with van der Waals surface area (Å²) in [5.41, 5.74) is 1.09. The summed E-state index contributed by atoms with van der Waals surface area (Å²) < 4.78 is 0. The van der Waals surface area contributed by atoms with Gasteiger partial charge in [-0.2, -0.15) is 0 Å². The van der Waals surface area contributed by atoms with Crippen LogP contribution in [0.25, 0.3) is 0 Å². The summed E-state index contributed by atoms with van der Waals surface area (Å²) in [5.74, 6) is 0. The predicted octanol–water partition coefficient (Wildman–Crippen LogP) is 3.17. The van der Waals surface area contributed by atoms with Crippen LogP contribution in [0.5, 0.6) is 0 Å². The van der Waals surface area contributed by atoms with Crippen molar-refractivity contribution >= 4 is 11.8 Å². The second-order valence-electron chi connectivity index (χ2n) is 5.13. The first-order chi connectivity index (χ1) is 9.61. The van der Waals surface area contributed by atoms with Gasteiger partial charge in [-0.1, -0.05) is 39.0 Å². The molecule has 0 aliphatic rings. The average molecular weight is 286 g/mol. The van der Waals surface area contributed by atoms with Gasteiger partial charge in [0.1, 0.15) is 0 Å². The van der Waals surface area contributed by atoms with Gasteiger partial charge in [-0.05, 0) is 19.8 Å². The van der Waals surface area contributed by atoms with Crippen molar-refractivity contribution in [3.05, 3.63) is 0 Å². The number of hydrogen-bond acceptors (Lipinski definition) is 3. The van der Waals surface area contributed by atoms with Gasteiger partial charge in [0.2, 0.25) is 0 Å². The number of aliphatic hydroxyl groups is 1. The number of amides is 1. The van der Waals surface area contributed by atoms with Crippen molar-refractivity contribution in [2.75, 3.05) is 26.2 Å². The maximum atomic E-state index is 10.8. The fourth-order valence-electron chi connectivity index (χ4n) is 2.03. The monoisotopic (exact) mass is 286 g/mol. The Kier molecular flexibility index (Phi) is 12.2. The summed E-state index contributed by atoms with van der Waals surface area (Å²) >= 11 is 0. The summed E-state index contributed by atoms with van der Waals surface area (Å²) in [6.07, 6.45) is 7.63. The van der Waals surface area contributed by atoms with Gasteiger partial charge in [-0.25, -0.2) is 4.79 Å². The minimum Gasteiger partial charge on any atom is -0.465 e. The molecule has 0 fully saturated rings. The van der Waals surface area contributed by atoms with E-state index in [0.717, 1.165) is 12.1 Å². The Morgan fingerprint density at radius 1 is 1.10 bits per heavy atom. The molecule has 1 amide bonds. The molecule has 0 bridgehead atoms. The third-order valence-corrected chi connectivity index (χ3v) is 3.28. The van der Waals surface area contributed by atoms with Crippen LogP contribution < -0.4 is 0 Å². The average Bonchev–Trinajstić information content (AvgIpc) is 2.41. The van der Waals surface area contributed by atoms with Gasteiger partial charge in [0.15, 0.2) is 0 Å². The zero-order chi connectivity index (χ0) is 15.2. The molecule has 2 N–H and O–H groups in total. The second kappa shape index (κ2) is 12.9. The van der Waals surface area contributed by atoms with E-state index in [2.05, 4.69) is 11.9 Å². The Bertz CT molecular complexity index is 280. The van der Waals surface area contributed by atoms with Crippen molar-refractivity contribution in [3.63, 3.8) is 0 Å². The van der Waals surface area contributed by atoms with Crippen LogP contribution in [0, 0.1) is 0 Å². The zero-order valence-electron chi connectivity index (χ0n) is 13.0. The number of carboxylic acid groups (broad SMARTS) is 1. The van der Waals surface area contributed by atoms with Gasteiger partial charge in [0, 0.05) is 18.8 Å². The van der Waals surface area contributed by atoms with Gasteiger partial charge >= 0.3 is 6.09 Å². The first-order valence-corrected chi connectivity index (χ1v) is 7.70. The Morgan fingerprint density at radius 2 is 1.75 bits per heavy atom. The second-order valence-corrected chi connectivity index (χ2v) is 5.13. The standard InChI is InChI=1S/C15H30N2O3/c1-3-4-5-6-7-8-9-14(2)16-10-11-17(12-13-18)15(19)20/h18H,3-13H2,1-2H3,(H,19,20)/b16-14+. The van der Waals surface area contributed by atoms with Gasteiger partial charge in [-0.3, -0.25) is 4.99 Å². The van der Waals surface area contributed by atoms with E-state index in [0.29, 0.717) is 13.1 Å². The molecule has 5 heteroatoms. The Hall–Kier alpha value is -1.10. The van der Waals surface area contributed by atoms with E-state index < -0.39 is 6.09 Å². The maximum Gasteiger partial charge on any atom is 0.407 e. The number of rotatable bonds is 12. The molecule has 0 saturated heterocycles. The Labute approximate surface area is 122 Å². The van der Waals surface area contributed by atoms with E-state index in [1.165, 1.54) is 43.4 Å². The van der Waals surface area contributed by atoms with Crippen LogP contribution >= 0.6 is 0 Å². The van der Waals surface area contributed by atoms with Crippen LogP contribution in [0.1, 0.15) is 58.8 Å². The number of aliphatic imine (C=N–C) groups is 1. The highest BCUT2D eigenvalue weighted by molar-refractivity contribution is 5.81. The van der Waals surface area contributed by atoms with Gasteiger partial charge in [0.05, 0.1) is 13.2 Å². The highest BCUT2D eigenvalue weighted by Crippen LogP contribution is 2.07. The molecular formula is C15H30N2O3. The normalized spacial score (nSPS) is 11.7. The number of carbonyl (C=O) groups is 1. The minimum absolute atomic E-state index is 0.146. The molecule has 0 aliphatic carbocycles. The van der Waals surface area contributed by atoms with Crippen LogP contribution in [-0.4, -0.2) is 53.2 Å². The topological polar surface area (TPSA) is 73.1 Å². The van der Waals surface area contributed by atoms with Crippen molar-refractivity contribution in [2.24, 2.45) is 4.99 Å². The smallest absolute Gasteiger partial charge is 0.407 e. The lowest BCUT2D eigenvalue weighted by Gasteiger charge is -2.16. The van der Waals surface area contributed by atoms with Crippen molar-refractivity contribution in [1.82, 2.24) is 4.90 Å². The molecule has 0 saturated carbocycles. The van der Waals surface area contributed by atoms with Crippen LogP contribution in [-0.2, 0) is 0 Å². The molecule has 0 spiro atoms. The van der Waals surface area contributed by atoms with E-state index >= 15 is 0 Å². The minimum atomic E-state index is -0.997. The summed E-state index contributed by atoms with van der Waals surface area (Å²) in [4.78, 5) is 16.4. The Balaban J connectivity index is 3.70. The third-order valence-electron chi connectivity index (χ3n) is 3.28. The first kappa shape index (κ1) is 18.9. The molecule has 0 unspecified atom stereocenters. The summed E-state index contributed by atoms with van der Waals surface area (Å²) in [5, 5.41) is 17.6. The van der Waals surface area contributed by atoms with Crippen LogP contribution in [0.2, 0.25) is 0 Å². The van der Waals surface area contributed by atoms with Gasteiger partial charge in [-0.15, -0.1) is 0 Å². The molecule has 0 atom stereocenters. The van der Waals surface area contributed by atoms with E-state index in [9.17, 15) is 4.79 Å². The van der Waals surface area contributed by atoms with Crippen molar-refractivity contribution in [1.29, 1.82) is 0 Å².